The van der Waals surface area contributed by atoms with E-state index in [0.717, 1.165) is 15.7 Å². The molecule has 162 valence electrons. The van der Waals surface area contributed by atoms with Crippen molar-refractivity contribution in [1.82, 2.24) is 24.1 Å². The van der Waals surface area contributed by atoms with Gasteiger partial charge in [-0.2, -0.15) is 0 Å². The van der Waals surface area contributed by atoms with Gasteiger partial charge in [-0.05, 0) is 40.2 Å². The largest absolute Gasteiger partial charge is 0.453 e. The molecule has 0 aliphatic rings. The molecular formula is C24H16BrN5O3. The van der Waals surface area contributed by atoms with Crippen molar-refractivity contribution in [2.24, 2.45) is 0 Å². The Labute approximate surface area is 196 Å². The van der Waals surface area contributed by atoms with Gasteiger partial charge in [0.05, 0.1) is 11.4 Å². The van der Waals surface area contributed by atoms with Crippen molar-refractivity contribution in [3.63, 3.8) is 0 Å². The smallest absolute Gasteiger partial charge is 0.378 e. The Morgan fingerprint density at radius 2 is 1.67 bits per heavy atom. The summed E-state index contributed by atoms with van der Waals surface area (Å²) in [5, 5.41) is 4.39. The van der Waals surface area contributed by atoms with Gasteiger partial charge in [0, 0.05) is 22.3 Å². The summed E-state index contributed by atoms with van der Waals surface area (Å²) < 4.78 is 9.15. The number of benzene rings is 2. The molecule has 9 heteroatoms. The fourth-order valence-corrected chi connectivity index (χ4v) is 3.66. The van der Waals surface area contributed by atoms with Crippen molar-refractivity contribution in [3.8, 4) is 17.1 Å². The first kappa shape index (κ1) is 20.8. The van der Waals surface area contributed by atoms with Crippen molar-refractivity contribution in [3.05, 3.63) is 111 Å². The summed E-state index contributed by atoms with van der Waals surface area (Å²) in [7, 11) is 0. The van der Waals surface area contributed by atoms with Crippen LogP contribution in [0.5, 0.6) is 0 Å². The average molecular weight is 502 g/mol. The second-order valence-electron chi connectivity index (χ2n) is 7.11. The minimum Gasteiger partial charge on any atom is -0.453 e. The summed E-state index contributed by atoms with van der Waals surface area (Å²) in [5.74, 6) is -0.278. The lowest BCUT2D eigenvalue weighted by Crippen LogP contribution is -2.17. The number of rotatable bonds is 5. The van der Waals surface area contributed by atoms with Crippen molar-refractivity contribution >= 4 is 27.5 Å². The minimum atomic E-state index is -0.709. The highest BCUT2D eigenvalue weighted by Crippen LogP contribution is 2.21. The van der Waals surface area contributed by atoms with Crippen LogP contribution in [0.3, 0.4) is 0 Å². The van der Waals surface area contributed by atoms with Gasteiger partial charge in [-0.25, -0.2) is 19.4 Å². The number of fused-ring (bicyclic) bond motifs is 1. The van der Waals surface area contributed by atoms with Gasteiger partial charge in [0.1, 0.15) is 12.3 Å². The molecule has 0 fully saturated rings. The lowest BCUT2D eigenvalue weighted by atomic mass is 10.2. The van der Waals surface area contributed by atoms with Crippen molar-refractivity contribution in [1.29, 1.82) is 0 Å². The highest BCUT2D eigenvalue weighted by Gasteiger charge is 2.20. The topological polar surface area (TPSA) is 91.4 Å². The molecule has 0 bridgehead atoms. The molecular weight excluding hydrogens is 486 g/mol. The number of ether oxygens (including phenoxy) is 1. The molecule has 3 heterocycles. The van der Waals surface area contributed by atoms with E-state index in [-0.39, 0.29) is 18.0 Å². The molecule has 0 N–H and O–H groups in total. The Bertz CT molecular complexity index is 1460. The summed E-state index contributed by atoms with van der Waals surface area (Å²) in [6.45, 7) is -0.179. The third kappa shape index (κ3) is 4.31. The second-order valence-corrected chi connectivity index (χ2v) is 8.03. The Kier molecular flexibility index (Phi) is 5.54. The number of para-hydroxylation sites is 1. The van der Waals surface area contributed by atoms with E-state index in [2.05, 4.69) is 31.0 Å². The summed E-state index contributed by atoms with van der Waals surface area (Å²) >= 11 is 3.33. The van der Waals surface area contributed by atoms with Gasteiger partial charge in [-0.3, -0.25) is 9.20 Å². The van der Waals surface area contributed by atoms with Crippen molar-refractivity contribution < 1.29 is 9.53 Å². The zero-order chi connectivity index (χ0) is 22.8. The van der Waals surface area contributed by atoms with Crippen molar-refractivity contribution in [2.45, 2.75) is 6.61 Å². The van der Waals surface area contributed by atoms with E-state index in [0.29, 0.717) is 17.2 Å². The first-order valence-electron chi connectivity index (χ1n) is 10.0. The fourth-order valence-electron chi connectivity index (χ4n) is 3.33. The lowest BCUT2D eigenvalue weighted by molar-refractivity contribution is 0.0453. The lowest BCUT2D eigenvalue weighted by Gasteiger charge is -2.05. The number of halogens is 1. The van der Waals surface area contributed by atoms with E-state index in [9.17, 15) is 9.59 Å². The molecule has 5 rings (SSSR count). The maximum Gasteiger partial charge on any atom is 0.378 e. The van der Waals surface area contributed by atoms with Gasteiger partial charge in [0.25, 0.3) is 11.4 Å². The molecule has 8 nitrogen and oxygen atoms in total. The molecule has 0 saturated carbocycles. The van der Waals surface area contributed by atoms with E-state index in [1.54, 1.807) is 23.0 Å². The molecule has 3 aromatic heterocycles. The number of hydrogen-bond donors (Lipinski definition) is 0. The molecule has 0 aliphatic carbocycles. The molecule has 0 saturated heterocycles. The summed E-state index contributed by atoms with van der Waals surface area (Å²) in [6, 6.07) is 23.7. The van der Waals surface area contributed by atoms with E-state index >= 15 is 0 Å². The van der Waals surface area contributed by atoms with Crippen LogP contribution >= 0.6 is 15.9 Å². The Morgan fingerprint density at radius 1 is 0.939 bits per heavy atom. The van der Waals surface area contributed by atoms with Crippen LogP contribution in [0.1, 0.15) is 16.3 Å². The zero-order valence-corrected chi connectivity index (χ0v) is 18.7. The first-order valence-corrected chi connectivity index (χ1v) is 10.8. The summed E-state index contributed by atoms with van der Waals surface area (Å²) in [5.41, 5.74) is 2.09. The minimum absolute atomic E-state index is 0.0841. The number of carbonyl (C=O) groups excluding carboxylic acids is 1. The number of hydrogen-bond acceptors (Lipinski definition) is 6. The number of carbonyl (C=O) groups is 1. The molecule has 0 radical (unpaired) electrons. The Balaban J connectivity index is 1.43. The van der Waals surface area contributed by atoms with Crippen LogP contribution in [0, 0.1) is 0 Å². The van der Waals surface area contributed by atoms with E-state index in [1.165, 1.54) is 10.5 Å². The van der Waals surface area contributed by atoms with Crippen LogP contribution < -0.4 is 5.56 Å². The van der Waals surface area contributed by atoms with Crippen LogP contribution in [-0.4, -0.2) is 30.1 Å². The highest BCUT2D eigenvalue weighted by molar-refractivity contribution is 9.10. The van der Waals surface area contributed by atoms with E-state index < -0.39 is 5.97 Å². The average Bonchev–Trinajstić information content (AvgIpc) is 3.30. The standard InChI is InChI=1S/C24H16BrN5O3/c25-17-11-12-20-26-18(13-21(31)29(20)14-17)15-33-24(32)22-27-23(16-7-3-1-4-8-16)30(28-22)19-9-5-2-6-10-19/h1-14H,15H2. The molecule has 0 spiro atoms. The maximum absolute atomic E-state index is 12.8. The maximum atomic E-state index is 12.8. The number of nitrogens with zero attached hydrogens (tertiary/aromatic N) is 5. The molecule has 0 amide bonds. The van der Waals surface area contributed by atoms with E-state index in [4.69, 9.17) is 4.74 Å². The van der Waals surface area contributed by atoms with Crippen LogP contribution in [0.25, 0.3) is 22.7 Å². The van der Waals surface area contributed by atoms with Gasteiger partial charge < -0.3 is 4.74 Å². The van der Waals surface area contributed by atoms with Crippen LogP contribution in [0.4, 0.5) is 0 Å². The van der Waals surface area contributed by atoms with Crippen LogP contribution in [0.2, 0.25) is 0 Å². The molecule has 0 aliphatic heterocycles. The normalized spacial score (nSPS) is 10.9. The SMILES string of the molecule is O=C(OCc1cc(=O)n2cc(Br)ccc2n1)c1nc(-c2ccccc2)n(-c2ccccc2)n1. The Morgan fingerprint density at radius 3 is 2.42 bits per heavy atom. The zero-order valence-electron chi connectivity index (χ0n) is 17.1. The van der Waals surface area contributed by atoms with Gasteiger partial charge in [-0.15, -0.1) is 5.10 Å². The van der Waals surface area contributed by atoms with Gasteiger partial charge in [-0.1, -0.05) is 48.5 Å². The Hall–Kier alpha value is -4.11. The molecule has 33 heavy (non-hydrogen) atoms. The fraction of sp³-hybridized carbons (Fsp3) is 0.0417. The van der Waals surface area contributed by atoms with Gasteiger partial charge in [0.2, 0.25) is 0 Å². The number of pyridine rings is 1. The van der Waals surface area contributed by atoms with Gasteiger partial charge in [0.15, 0.2) is 5.82 Å². The molecule has 2 aromatic carbocycles. The molecule has 5 aromatic rings. The second kappa shape index (κ2) is 8.79. The third-order valence-electron chi connectivity index (χ3n) is 4.85. The van der Waals surface area contributed by atoms with Gasteiger partial charge >= 0.3 is 5.97 Å². The molecule has 0 unspecified atom stereocenters. The number of aromatic nitrogens is 5. The highest BCUT2D eigenvalue weighted by atomic mass is 79.9. The summed E-state index contributed by atoms with van der Waals surface area (Å²) in [6.07, 6.45) is 1.63. The summed E-state index contributed by atoms with van der Waals surface area (Å²) in [4.78, 5) is 33.9. The monoisotopic (exact) mass is 501 g/mol. The van der Waals surface area contributed by atoms with Crippen LogP contribution in [0.15, 0.2) is 94.3 Å². The quantitative estimate of drug-likeness (QED) is 0.337. The van der Waals surface area contributed by atoms with Crippen molar-refractivity contribution in [2.75, 3.05) is 0 Å². The molecule has 0 atom stereocenters. The predicted molar refractivity (Wildman–Crippen MR) is 125 cm³/mol. The predicted octanol–water partition coefficient (Wildman–Crippen LogP) is 4.06. The third-order valence-corrected chi connectivity index (χ3v) is 5.32. The number of esters is 1. The first-order chi connectivity index (χ1) is 16.1. The van der Waals surface area contributed by atoms with E-state index in [1.807, 2.05) is 60.7 Å². The van der Waals surface area contributed by atoms with Crippen LogP contribution in [-0.2, 0) is 11.3 Å².